The first-order valence-electron chi connectivity index (χ1n) is 12.6. The van der Waals surface area contributed by atoms with E-state index >= 15 is 4.39 Å². The number of anilines is 2. The van der Waals surface area contributed by atoms with Gasteiger partial charge in [0.1, 0.15) is 29.0 Å². The Hall–Kier alpha value is -3.92. The highest BCUT2D eigenvalue weighted by molar-refractivity contribution is 5.97. The molecule has 16 heteroatoms. The van der Waals surface area contributed by atoms with Crippen molar-refractivity contribution < 1.29 is 45.3 Å². The van der Waals surface area contributed by atoms with E-state index in [4.69, 9.17) is 20.3 Å². The fourth-order valence-electron chi connectivity index (χ4n) is 4.27. The lowest BCUT2D eigenvalue weighted by atomic mass is 9.96. The van der Waals surface area contributed by atoms with Crippen molar-refractivity contribution in [1.29, 1.82) is 0 Å². The molecule has 1 atom stereocenters. The SMILES string of the molecule is C/C=C1/CNCC[C@H](C)Oc2nc(-c3cc(N)c(F)c(C)c3C(F)(F)F)c(F)c3nc(OCC(F)(F)CO)nc(c23)N1. The molecular weight excluding hydrogens is 577 g/mol. The lowest BCUT2D eigenvalue weighted by Crippen LogP contribution is -2.30. The van der Waals surface area contributed by atoms with E-state index in [1.54, 1.807) is 19.9 Å². The highest BCUT2D eigenvalue weighted by Crippen LogP contribution is 2.45. The minimum atomic E-state index is -5.15. The normalized spacial score (nSPS) is 17.5. The van der Waals surface area contributed by atoms with Gasteiger partial charge in [0.25, 0.3) is 0 Å². The third-order valence-corrected chi connectivity index (χ3v) is 6.42. The molecule has 42 heavy (non-hydrogen) atoms. The first-order chi connectivity index (χ1) is 19.7. The van der Waals surface area contributed by atoms with Gasteiger partial charge in [0.2, 0.25) is 5.88 Å². The molecule has 0 saturated heterocycles. The van der Waals surface area contributed by atoms with Gasteiger partial charge >= 0.3 is 18.1 Å². The Morgan fingerprint density at radius 3 is 2.52 bits per heavy atom. The molecule has 3 aromatic rings. The zero-order valence-corrected chi connectivity index (χ0v) is 22.6. The Labute approximate surface area is 234 Å². The second-order valence-electron chi connectivity index (χ2n) is 9.62. The molecule has 0 spiro atoms. The molecule has 0 unspecified atom stereocenters. The number of ether oxygens (including phenoxy) is 2. The van der Waals surface area contributed by atoms with Gasteiger partial charge in [-0.25, -0.2) is 22.5 Å². The number of pyridine rings is 1. The molecule has 3 heterocycles. The highest BCUT2D eigenvalue weighted by atomic mass is 19.4. The summed E-state index contributed by atoms with van der Waals surface area (Å²) in [6, 6.07) is -0.178. The number of halogens is 7. The second-order valence-corrected chi connectivity index (χ2v) is 9.62. The van der Waals surface area contributed by atoms with Gasteiger partial charge in [-0.15, -0.1) is 0 Å². The van der Waals surface area contributed by atoms with Crippen molar-refractivity contribution in [3.8, 4) is 23.1 Å². The van der Waals surface area contributed by atoms with E-state index in [9.17, 15) is 26.3 Å². The number of nitrogens with zero attached hydrogens (tertiary/aromatic N) is 3. The number of nitrogens with two attached hydrogens (primary N) is 1. The van der Waals surface area contributed by atoms with Crippen molar-refractivity contribution in [2.45, 2.75) is 45.4 Å². The smallest absolute Gasteiger partial charge is 0.417 e. The topological polar surface area (TPSA) is 127 Å². The van der Waals surface area contributed by atoms with Gasteiger partial charge < -0.3 is 30.9 Å². The number of rotatable bonds is 5. The summed E-state index contributed by atoms with van der Waals surface area (Å²) in [4.78, 5) is 12.0. The number of aromatic nitrogens is 3. The summed E-state index contributed by atoms with van der Waals surface area (Å²) in [6.45, 7) is 1.94. The Morgan fingerprint density at radius 2 is 1.88 bits per heavy atom. The van der Waals surface area contributed by atoms with Crippen molar-refractivity contribution in [2.75, 3.05) is 37.4 Å². The number of allylic oxidation sites excluding steroid dienone is 1. The Bertz CT molecular complexity index is 1530. The quantitative estimate of drug-likeness (QED) is 0.236. The predicted molar refractivity (Wildman–Crippen MR) is 139 cm³/mol. The number of hydrogen-bond acceptors (Lipinski definition) is 9. The fraction of sp³-hybridized carbons (Fsp3) is 0.423. The van der Waals surface area contributed by atoms with Crippen LogP contribution in [0.3, 0.4) is 0 Å². The molecule has 1 aromatic carbocycles. The molecule has 1 aliphatic rings. The highest BCUT2D eigenvalue weighted by Gasteiger charge is 2.39. The first kappa shape index (κ1) is 31.0. The predicted octanol–water partition coefficient (Wildman–Crippen LogP) is 4.96. The van der Waals surface area contributed by atoms with Crippen molar-refractivity contribution in [3.05, 3.63) is 40.6 Å². The number of hydrogen-bond donors (Lipinski definition) is 4. The molecular formula is C26H27F7N6O3. The van der Waals surface area contributed by atoms with Gasteiger partial charge in [0.05, 0.1) is 17.4 Å². The van der Waals surface area contributed by atoms with Crippen LogP contribution in [-0.2, 0) is 6.18 Å². The van der Waals surface area contributed by atoms with Crippen molar-refractivity contribution in [1.82, 2.24) is 20.3 Å². The minimum Gasteiger partial charge on any atom is -0.474 e. The van der Waals surface area contributed by atoms with E-state index in [0.717, 1.165) is 6.92 Å². The summed E-state index contributed by atoms with van der Waals surface area (Å²) in [6.07, 6.45) is -3.70. The molecule has 0 bridgehead atoms. The lowest BCUT2D eigenvalue weighted by molar-refractivity contribution is -0.137. The van der Waals surface area contributed by atoms with Crippen LogP contribution in [0.2, 0.25) is 0 Å². The molecule has 228 valence electrons. The number of aliphatic hydroxyl groups is 1. The van der Waals surface area contributed by atoms with E-state index in [1.807, 2.05) is 0 Å². The molecule has 4 rings (SSSR count). The Balaban J connectivity index is 2.09. The van der Waals surface area contributed by atoms with E-state index in [-0.39, 0.29) is 23.6 Å². The molecule has 0 saturated carbocycles. The number of nitrogen functional groups attached to an aromatic ring is 1. The molecule has 5 N–H and O–H groups in total. The number of nitrogens with one attached hydrogen (secondary N) is 2. The molecule has 0 amide bonds. The maximum Gasteiger partial charge on any atom is 0.417 e. The molecule has 0 aliphatic carbocycles. The monoisotopic (exact) mass is 604 g/mol. The van der Waals surface area contributed by atoms with Gasteiger partial charge in [-0.05, 0) is 45.4 Å². The largest absolute Gasteiger partial charge is 0.474 e. The molecule has 9 nitrogen and oxygen atoms in total. The summed E-state index contributed by atoms with van der Waals surface area (Å²) in [5, 5.41) is 14.7. The van der Waals surface area contributed by atoms with Crippen LogP contribution in [0.25, 0.3) is 22.2 Å². The van der Waals surface area contributed by atoms with Gasteiger partial charge in [0, 0.05) is 17.8 Å². The number of benzene rings is 1. The zero-order chi connectivity index (χ0) is 31.0. The summed E-state index contributed by atoms with van der Waals surface area (Å²) in [5.41, 5.74) is 0.532. The van der Waals surface area contributed by atoms with Crippen molar-refractivity contribution in [3.63, 3.8) is 0 Å². The maximum absolute atomic E-state index is 16.3. The van der Waals surface area contributed by atoms with Gasteiger partial charge in [-0.2, -0.15) is 23.1 Å². The van der Waals surface area contributed by atoms with Crippen LogP contribution in [0.15, 0.2) is 17.8 Å². The number of alkyl halides is 5. The lowest BCUT2D eigenvalue weighted by Gasteiger charge is -2.21. The Kier molecular flexibility index (Phi) is 8.68. The van der Waals surface area contributed by atoms with E-state index < -0.39 is 82.6 Å². The van der Waals surface area contributed by atoms with Crippen LogP contribution in [0, 0.1) is 18.6 Å². The third-order valence-electron chi connectivity index (χ3n) is 6.42. The third kappa shape index (κ3) is 6.28. The molecule has 2 aromatic heterocycles. The van der Waals surface area contributed by atoms with E-state index in [1.165, 1.54) is 0 Å². The average Bonchev–Trinajstić information content (AvgIpc) is 2.95. The standard InChI is InChI=1S/C26H27F7N6O3/c1-4-13-8-35-6-5-11(2)42-23-16-21(38-24(39-22(16)36-13)41-10-25(29,30)9-40)19(28)20(37-23)14-7-15(34)18(27)12(3)17(14)26(31,32)33/h4,7,11,35,40H,5-6,8-10,34H2,1-3H3,(H,36,38,39)/b13-4-/t11-/m0/s1. The summed E-state index contributed by atoms with van der Waals surface area (Å²) >= 11 is 0. The first-order valence-corrected chi connectivity index (χ1v) is 12.6. The van der Waals surface area contributed by atoms with Gasteiger partial charge in [0.15, 0.2) is 18.2 Å². The zero-order valence-electron chi connectivity index (χ0n) is 22.6. The average molecular weight is 605 g/mol. The van der Waals surface area contributed by atoms with Crippen LogP contribution in [0.4, 0.5) is 42.2 Å². The van der Waals surface area contributed by atoms with Gasteiger partial charge in [-0.3, -0.25) is 0 Å². The fourth-order valence-corrected chi connectivity index (χ4v) is 4.27. The van der Waals surface area contributed by atoms with Crippen LogP contribution in [0.1, 0.15) is 31.4 Å². The van der Waals surface area contributed by atoms with Crippen LogP contribution >= 0.6 is 0 Å². The van der Waals surface area contributed by atoms with Crippen LogP contribution in [-0.4, -0.2) is 58.4 Å². The Morgan fingerprint density at radius 1 is 1.17 bits per heavy atom. The van der Waals surface area contributed by atoms with Crippen molar-refractivity contribution in [2.24, 2.45) is 0 Å². The van der Waals surface area contributed by atoms with Crippen LogP contribution in [0.5, 0.6) is 11.9 Å². The van der Waals surface area contributed by atoms with Gasteiger partial charge in [-0.1, -0.05) is 6.08 Å². The van der Waals surface area contributed by atoms with Crippen molar-refractivity contribution >= 4 is 22.4 Å². The summed E-state index contributed by atoms with van der Waals surface area (Å²) < 4.78 is 112. The van der Waals surface area contributed by atoms with E-state index in [2.05, 4.69) is 25.6 Å². The second kappa shape index (κ2) is 11.8. The molecule has 1 aliphatic heterocycles. The maximum atomic E-state index is 16.3. The molecule has 0 radical (unpaired) electrons. The summed E-state index contributed by atoms with van der Waals surface area (Å²) in [7, 11) is 0. The number of aliphatic hydroxyl groups excluding tert-OH is 1. The van der Waals surface area contributed by atoms with E-state index in [0.29, 0.717) is 24.7 Å². The minimum absolute atomic E-state index is 0.204. The summed E-state index contributed by atoms with van der Waals surface area (Å²) in [5.74, 6) is -7.06. The molecule has 0 fully saturated rings. The van der Waals surface area contributed by atoms with Crippen LogP contribution < -0.4 is 25.8 Å².